The molecule has 2 aromatic rings. The standard InChI is InChI=1S/C16H18BrN3O/c17-14-4-2-13(3-5-14)16(6-7-16)15(21)19-8-1-10-20-11-9-18-12-20/h2-5,9,11-12H,1,6-8,10H2,(H,19,21). The molecule has 1 aromatic heterocycles. The second-order valence-corrected chi connectivity index (χ2v) is 6.41. The Labute approximate surface area is 132 Å². The quantitative estimate of drug-likeness (QED) is 0.816. The number of halogens is 1. The third-order valence-electron chi connectivity index (χ3n) is 4.02. The van der Waals surface area contributed by atoms with Gasteiger partial charge in [-0.1, -0.05) is 28.1 Å². The minimum absolute atomic E-state index is 0.162. The molecule has 1 saturated carbocycles. The van der Waals surface area contributed by atoms with Crippen molar-refractivity contribution in [3.8, 4) is 0 Å². The Morgan fingerprint density at radius 3 is 2.71 bits per heavy atom. The van der Waals surface area contributed by atoms with Gasteiger partial charge in [0, 0.05) is 30.0 Å². The molecule has 1 amide bonds. The highest BCUT2D eigenvalue weighted by Crippen LogP contribution is 2.48. The SMILES string of the molecule is O=C(NCCCn1ccnc1)C1(c2ccc(Br)cc2)CC1. The van der Waals surface area contributed by atoms with Crippen LogP contribution in [0.1, 0.15) is 24.8 Å². The largest absolute Gasteiger partial charge is 0.355 e. The van der Waals surface area contributed by atoms with E-state index in [0.717, 1.165) is 35.8 Å². The summed E-state index contributed by atoms with van der Waals surface area (Å²) in [6, 6.07) is 8.09. The highest BCUT2D eigenvalue weighted by atomic mass is 79.9. The Bertz CT molecular complexity index is 603. The van der Waals surface area contributed by atoms with Gasteiger partial charge >= 0.3 is 0 Å². The molecule has 0 aliphatic heterocycles. The number of rotatable bonds is 6. The smallest absolute Gasteiger partial charge is 0.230 e. The van der Waals surface area contributed by atoms with Crippen molar-refractivity contribution in [1.82, 2.24) is 14.9 Å². The molecule has 0 radical (unpaired) electrons. The topological polar surface area (TPSA) is 46.9 Å². The Balaban J connectivity index is 1.52. The number of amides is 1. The molecular weight excluding hydrogens is 330 g/mol. The number of nitrogens with one attached hydrogen (secondary N) is 1. The Kier molecular flexibility index (Phi) is 4.10. The van der Waals surface area contributed by atoms with E-state index in [2.05, 4.69) is 26.2 Å². The van der Waals surface area contributed by atoms with E-state index < -0.39 is 0 Å². The van der Waals surface area contributed by atoms with Gasteiger partial charge in [0.2, 0.25) is 5.91 Å². The molecule has 110 valence electrons. The van der Waals surface area contributed by atoms with E-state index >= 15 is 0 Å². The van der Waals surface area contributed by atoms with Crippen molar-refractivity contribution < 1.29 is 4.79 Å². The summed E-state index contributed by atoms with van der Waals surface area (Å²) in [6.45, 7) is 1.58. The predicted molar refractivity (Wildman–Crippen MR) is 84.9 cm³/mol. The van der Waals surface area contributed by atoms with Crippen molar-refractivity contribution in [3.63, 3.8) is 0 Å². The van der Waals surface area contributed by atoms with E-state index in [1.54, 1.807) is 12.5 Å². The van der Waals surface area contributed by atoms with Gasteiger partial charge < -0.3 is 9.88 Å². The molecule has 3 rings (SSSR count). The number of carbonyl (C=O) groups is 1. The van der Waals surface area contributed by atoms with Crippen molar-refractivity contribution in [3.05, 3.63) is 53.0 Å². The Morgan fingerprint density at radius 1 is 1.33 bits per heavy atom. The molecule has 0 bridgehead atoms. The first-order chi connectivity index (χ1) is 10.2. The van der Waals surface area contributed by atoms with Crippen LogP contribution in [0.3, 0.4) is 0 Å². The zero-order valence-corrected chi connectivity index (χ0v) is 13.3. The Hall–Kier alpha value is -1.62. The molecule has 1 aromatic carbocycles. The maximum atomic E-state index is 12.4. The van der Waals surface area contributed by atoms with Gasteiger partial charge in [-0.25, -0.2) is 4.98 Å². The highest BCUT2D eigenvalue weighted by Gasteiger charge is 2.50. The first-order valence-electron chi connectivity index (χ1n) is 7.21. The van der Waals surface area contributed by atoms with E-state index in [0.29, 0.717) is 6.54 Å². The Morgan fingerprint density at radius 2 is 2.10 bits per heavy atom. The second-order valence-electron chi connectivity index (χ2n) is 5.50. The van der Waals surface area contributed by atoms with Crippen molar-refractivity contribution in [1.29, 1.82) is 0 Å². The molecule has 1 heterocycles. The first kappa shape index (κ1) is 14.3. The summed E-state index contributed by atoms with van der Waals surface area (Å²) < 4.78 is 3.07. The molecule has 0 saturated heterocycles. The molecule has 1 aliphatic rings. The van der Waals surface area contributed by atoms with Crippen LogP contribution in [-0.4, -0.2) is 22.0 Å². The third-order valence-corrected chi connectivity index (χ3v) is 4.55. The van der Waals surface area contributed by atoms with Crippen LogP contribution in [0, 0.1) is 0 Å². The zero-order valence-electron chi connectivity index (χ0n) is 11.8. The van der Waals surface area contributed by atoms with Gasteiger partial charge in [0.25, 0.3) is 0 Å². The van der Waals surface area contributed by atoms with Crippen LogP contribution in [0.2, 0.25) is 0 Å². The van der Waals surface area contributed by atoms with E-state index in [9.17, 15) is 4.79 Å². The molecule has 1 aliphatic carbocycles. The van der Waals surface area contributed by atoms with Gasteiger partial charge in [0.1, 0.15) is 0 Å². The van der Waals surface area contributed by atoms with E-state index in [-0.39, 0.29) is 11.3 Å². The highest BCUT2D eigenvalue weighted by molar-refractivity contribution is 9.10. The van der Waals surface area contributed by atoms with Crippen LogP contribution >= 0.6 is 15.9 Å². The minimum Gasteiger partial charge on any atom is -0.355 e. The van der Waals surface area contributed by atoms with Crippen LogP contribution < -0.4 is 5.32 Å². The number of imidazole rings is 1. The molecule has 1 N–H and O–H groups in total. The van der Waals surface area contributed by atoms with Crippen molar-refractivity contribution in [2.45, 2.75) is 31.2 Å². The molecular formula is C16H18BrN3O. The van der Waals surface area contributed by atoms with Gasteiger partial charge in [-0.2, -0.15) is 0 Å². The molecule has 21 heavy (non-hydrogen) atoms. The molecule has 5 heteroatoms. The van der Waals surface area contributed by atoms with Gasteiger partial charge in [-0.3, -0.25) is 4.79 Å². The lowest BCUT2D eigenvalue weighted by Crippen LogP contribution is -2.35. The molecule has 0 spiro atoms. The molecule has 0 atom stereocenters. The summed E-state index contributed by atoms with van der Waals surface area (Å²) >= 11 is 3.43. The average molecular weight is 348 g/mol. The maximum absolute atomic E-state index is 12.4. The summed E-state index contributed by atoms with van der Waals surface area (Å²) in [6.07, 6.45) is 8.31. The van der Waals surface area contributed by atoms with Crippen LogP contribution in [0.25, 0.3) is 0 Å². The van der Waals surface area contributed by atoms with Crippen molar-refractivity contribution in [2.75, 3.05) is 6.54 Å². The lowest BCUT2D eigenvalue weighted by Gasteiger charge is -2.16. The normalized spacial score (nSPS) is 15.7. The number of benzene rings is 1. The third kappa shape index (κ3) is 3.18. The zero-order chi connectivity index (χ0) is 14.7. The minimum atomic E-state index is -0.282. The summed E-state index contributed by atoms with van der Waals surface area (Å²) in [5.74, 6) is 0.162. The van der Waals surface area contributed by atoms with Crippen LogP contribution in [0.15, 0.2) is 47.5 Å². The summed E-state index contributed by atoms with van der Waals surface area (Å²) in [4.78, 5) is 16.4. The maximum Gasteiger partial charge on any atom is 0.230 e. The number of aromatic nitrogens is 2. The first-order valence-corrected chi connectivity index (χ1v) is 8.00. The average Bonchev–Trinajstić information content (AvgIpc) is 3.14. The number of carbonyl (C=O) groups excluding carboxylic acids is 1. The number of hydrogen-bond donors (Lipinski definition) is 1. The fourth-order valence-electron chi connectivity index (χ4n) is 2.59. The predicted octanol–water partition coefficient (Wildman–Crippen LogP) is 2.88. The number of aryl methyl sites for hydroxylation is 1. The molecule has 4 nitrogen and oxygen atoms in total. The second kappa shape index (κ2) is 6.02. The van der Waals surface area contributed by atoms with Crippen molar-refractivity contribution >= 4 is 21.8 Å². The van der Waals surface area contributed by atoms with E-state index in [1.165, 1.54) is 0 Å². The van der Waals surface area contributed by atoms with Gasteiger partial charge in [0.15, 0.2) is 0 Å². The van der Waals surface area contributed by atoms with Crippen LogP contribution in [-0.2, 0) is 16.8 Å². The fraction of sp³-hybridized carbons (Fsp3) is 0.375. The summed E-state index contributed by atoms with van der Waals surface area (Å²) in [5.41, 5.74) is 0.841. The van der Waals surface area contributed by atoms with Gasteiger partial charge in [-0.15, -0.1) is 0 Å². The van der Waals surface area contributed by atoms with E-state index in [1.807, 2.05) is 35.0 Å². The lowest BCUT2D eigenvalue weighted by molar-refractivity contribution is -0.123. The lowest BCUT2D eigenvalue weighted by atomic mass is 9.95. The van der Waals surface area contributed by atoms with Crippen LogP contribution in [0.4, 0.5) is 0 Å². The van der Waals surface area contributed by atoms with E-state index in [4.69, 9.17) is 0 Å². The summed E-state index contributed by atoms with van der Waals surface area (Å²) in [7, 11) is 0. The van der Waals surface area contributed by atoms with Gasteiger partial charge in [0.05, 0.1) is 11.7 Å². The van der Waals surface area contributed by atoms with Crippen molar-refractivity contribution in [2.24, 2.45) is 0 Å². The van der Waals surface area contributed by atoms with Gasteiger partial charge in [-0.05, 0) is 37.0 Å². The monoisotopic (exact) mass is 347 g/mol. The molecule has 0 unspecified atom stereocenters. The van der Waals surface area contributed by atoms with Crippen LogP contribution in [0.5, 0.6) is 0 Å². The summed E-state index contributed by atoms with van der Waals surface area (Å²) in [5, 5.41) is 3.08. The number of nitrogens with zero attached hydrogens (tertiary/aromatic N) is 2. The molecule has 1 fully saturated rings. The number of hydrogen-bond acceptors (Lipinski definition) is 2. The fourth-order valence-corrected chi connectivity index (χ4v) is 2.86.